The monoisotopic (exact) mass is 364 g/mol. The first-order valence-electron chi connectivity index (χ1n) is 3.02. The van der Waals surface area contributed by atoms with Crippen molar-refractivity contribution >= 4 is 18.8 Å². The standard InChI is InChI=1S/C5H11N2.2ClH.Pt/c6-5-2-1-3-7-4-5;;;/h5H,1-4,6H2;2*1H;/q-1;;;+2/p-2/t5-;;;/m0.../s1. The van der Waals surface area contributed by atoms with E-state index < -0.39 is 16.5 Å². The number of hydrogen-bond acceptors (Lipinski definition) is 1. The zero-order valence-corrected chi connectivity index (χ0v) is 9.29. The second-order valence-electron chi connectivity index (χ2n) is 2.08. The molecule has 0 aromatic rings. The molecule has 0 saturated carbocycles. The average Bonchev–Trinajstić information content (AvgIpc) is 1.91. The SMILES string of the molecule is N[C@H]1CCC[N-]C1.[Cl][Pt][Cl]. The van der Waals surface area contributed by atoms with Gasteiger partial charge in [0.2, 0.25) is 0 Å². The Bertz CT molecular complexity index is 68.7. The van der Waals surface area contributed by atoms with Crippen LogP contribution in [-0.4, -0.2) is 19.1 Å². The van der Waals surface area contributed by atoms with Gasteiger partial charge in [0.1, 0.15) is 0 Å². The van der Waals surface area contributed by atoms with Gasteiger partial charge in [0.25, 0.3) is 0 Å². The molecular formula is C5H11Cl2N2Pt-. The third-order valence-corrected chi connectivity index (χ3v) is 1.25. The van der Waals surface area contributed by atoms with Crippen LogP contribution in [0.25, 0.3) is 5.32 Å². The third-order valence-electron chi connectivity index (χ3n) is 1.25. The summed E-state index contributed by atoms with van der Waals surface area (Å²) in [6.07, 6.45) is 2.37. The van der Waals surface area contributed by atoms with Crippen molar-refractivity contribution in [3.8, 4) is 0 Å². The minimum absolute atomic E-state index is 0.369. The van der Waals surface area contributed by atoms with Gasteiger partial charge in [-0.2, -0.15) is 0 Å². The van der Waals surface area contributed by atoms with Crippen LogP contribution in [0.2, 0.25) is 0 Å². The van der Waals surface area contributed by atoms with Gasteiger partial charge in [0, 0.05) is 0 Å². The second kappa shape index (κ2) is 8.29. The van der Waals surface area contributed by atoms with Gasteiger partial charge in [-0.05, 0) is 12.5 Å². The quantitative estimate of drug-likeness (QED) is 0.700. The van der Waals surface area contributed by atoms with Gasteiger partial charge in [0.05, 0.1) is 0 Å². The Morgan fingerprint density at radius 1 is 1.50 bits per heavy atom. The molecule has 10 heavy (non-hydrogen) atoms. The normalized spacial score (nSPS) is 25.3. The number of nitrogens with two attached hydrogens (primary N) is 1. The van der Waals surface area contributed by atoms with Crippen molar-refractivity contribution in [1.29, 1.82) is 0 Å². The number of hydrogen-bond donors (Lipinski definition) is 1. The Balaban J connectivity index is 0.000000236. The molecular weight excluding hydrogens is 354 g/mol. The second-order valence-corrected chi connectivity index (χ2v) is 5.36. The molecule has 5 heteroatoms. The molecule has 0 amide bonds. The summed E-state index contributed by atoms with van der Waals surface area (Å²) in [7, 11) is 9.75. The fraction of sp³-hybridized carbons (Fsp3) is 1.00. The van der Waals surface area contributed by atoms with E-state index >= 15 is 0 Å². The van der Waals surface area contributed by atoms with Crippen LogP contribution in [0, 0.1) is 0 Å². The summed E-state index contributed by atoms with van der Waals surface area (Å²) in [4.78, 5) is 0. The Morgan fingerprint density at radius 2 is 2.10 bits per heavy atom. The summed E-state index contributed by atoms with van der Waals surface area (Å²) in [6, 6.07) is 0.369. The van der Waals surface area contributed by atoms with Crippen molar-refractivity contribution in [2.75, 3.05) is 13.1 Å². The molecule has 1 atom stereocenters. The molecule has 0 bridgehead atoms. The average molecular weight is 365 g/mol. The first-order chi connectivity index (χ1) is 4.81. The molecule has 0 aromatic heterocycles. The van der Waals surface area contributed by atoms with Crippen LogP contribution in [0.5, 0.6) is 0 Å². The molecule has 1 aliphatic heterocycles. The maximum absolute atomic E-state index is 5.54. The van der Waals surface area contributed by atoms with Crippen LogP contribution in [-0.2, 0) is 16.5 Å². The summed E-state index contributed by atoms with van der Waals surface area (Å²) >= 11 is -0.472. The summed E-state index contributed by atoms with van der Waals surface area (Å²) in [5.41, 5.74) is 5.54. The first kappa shape index (κ1) is 11.2. The van der Waals surface area contributed by atoms with Gasteiger partial charge < -0.3 is 11.1 Å². The Kier molecular flexibility index (Phi) is 9.27. The number of rotatable bonds is 0. The van der Waals surface area contributed by atoms with E-state index in [1.165, 1.54) is 12.8 Å². The molecule has 1 heterocycles. The first-order valence-corrected chi connectivity index (χ1v) is 8.65. The molecule has 0 aliphatic carbocycles. The fourth-order valence-corrected chi connectivity index (χ4v) is 0.814. The van der Waals surface area contributed by atoms with Crippen LogP contribution in [0.15, 0.2) is 0 Å². The van der Waals surface area contributed by atoms with Gasteiger partial charge in [-0.1, -0.05) is 6.42 Å². The summed E-state index contributed by atoms with van der Waals surface area (Å²) in [6.45, 7) is 1.92. The van der Waals surface area contributed by atoms with Crippen molar-refractivity contribution < 1.29 is 16.5 Å². The molecule has 0 spiro atoms. The van der Waals surface area contributed by atoms with Gasteiger partial charge in [-0.3, -0.25) is 0 Å². The van der Waals surface area contributed by atoms with Gasteiger partial charge >= 0.3 is 35.3 Å². The Hall–Kier alpha value is 1.19. The van der Waals surface area contributed by atoms with E-state index in [-0.39, 0.29) is 0 Å². The number of piperidine rings is 1. The summed E-state index contributed by atoms with van der Waals surface area (Å²) < 4.78 is 0. The fourth-order valence-electron chi connectivity index (χ4n) is 0.814. The van der Waals surface area contributed by atoms with Crippen molar-refractivity contribution in [3.05, 3.63) is 5.32 Å². The number of nitrogens with zero attached hydrogens (tertiary/aromatic N) is 1. The van der Waals surface area contributed by atoms with Gasteiger partial charge in [-0.15, -0.1) is 13.1 Å². The van der Waals surface area contributed by atoms with E-state index in [9.17, 15) is 0 Å². The van der Waals surface area contributed by atoms with Crippen LogP contribution in [0.4, 0.5) is 0 Å². The van der Waals surface area contributed by atoms with Crippen molar-refractivity contribution in [3.63, 3.8) is 0 Å². The van der Waals surface area contributed by atoms with E-state index in [0.717, 1.165) is 13.1 Å². The van der Waals surface area contributed by atoms with E-state index in [0.29, 0.717) is 6.04 Å². The van der Waals surface area contributed by atoms with E-state index in [1.807, 2.05) is 0 Å². The predicted molar refractivity (Wildman–Crippen MR) is 42.0 cm³/mol. The molecule has 1 fully saturated rings. The number of halogens is 2. The van der Waals surface area contributed by atoms with Crippen LogP contribution in [0.1, 0.15) is 12.8 Å². The Morgan fingerprint density at radius 3 is 2.30 bits per heavy atom. The molecule has 1 saturated heterocycles. The van der Waals surface area contributed by atoms with E-state index in [4.69, 9.17) is 24.6 Å². The topological polar surface area (TPSA) is 40.1 Å². The van der Waals surface area contributed by atoms with Gasteiger partial charge in [0.15, 0.2) is 0 Å². The van der Waals surface area contributed by atoms with Crippen LogP contribution < -0.4 is 5.73 Å². The molecule has 2 N–H and O–H groups in total. The molecule has 1 aliphatic rings. The van der Waals surface area contributed by atoms with Crippen molar-refractivity contribution in [2.24, 2.45) is 5.73 Å². The van der Waals surface area contributed by atoms with E-state index in [2.05, 4.69) is 5.32 Å². The summed E-state index contributed by atoms with van der Waals surface area (Å²) in [5, 5.41) is 4.13. The maximum atomic E-state index is 5.54. The molecule has 0 radical (unpaired) electrons. The van der Waals surface area contributed by atoms with Gasteiger partial charge in [-0.25, -0.2) is 0 Å². The molecule has 0 unspecified atom stereocenters. The van der Waals surface area contributed by atoms with E-state index in [1.54, 1.807) is 0 Å². The molecule has 2 nitrogen and oxygen atoms in total. The molecule has 0 aromatic carbocycles. The zero-order chi connectivity index (χ0) is 7.82. The third kappa shape index (κ3) is 7.30. The van der Waals surface area contributed by atoms with Crippen LogP contribution >= 0.6 is 18.8 Å². The van der Waals surface area contributed by atoms with Crippen molar-refractivity contribution in [2.45, 2.75) is 18.9 Å². The molecule has 66 valence electrons. The molecule has 1 rings (SSSR count). The Labute approximate surface area is 78.2 Å². The summed E-state index contributed by atoms with van der Waals surface area (Å²) in [5.74, 6) is 0. The van der Waals surface area contributed by atoms with Crippen molar-refractivity contribution in [1.82, 2.24) is 0 Å². The predicted octanol–water partition coefficient (Wildman–Crippen LogP) is 1.86. The zero-order valence-electron chi connectivity index (χ0n) is 5.50. The van der Waals surface area contributed by atoms with Crippen LogP contribution in [0.3, 0.4) is 0 Å². The minimum atomic E-state index is -0.472.